The molecule has 8 heteroatoms. The van der Waals surface area contributed by atoms with Gasteiger partial charge in [-0.15, -0.1) is 0 Å². The average molecular weight is 446 g/mol. The Hall–Kier alpha value is -2.13. The Morgan fingerprint density at radius 3 is 2.28 bits per heavy atom. The first-order valence-corrected chi connectivity index (χ1v) is 10.7. The summed E-state index contributed by atoms with van der Waals surface area (Å²) in [7, 11) is 1.00. The monoisotopic (exact) mass is 446 g/mol. The minimum atomic E-state index is -0.602. The summed E-state index contributed by atoms with van der Waals surface area (Å²) in [5, 5.41) is 8.90. The minimum absolute atomic E-state index is 0.0598. The number of hydrogen-bond acceptors (Lipinski definition) is 7. The van der Waals surface area contributed by atoms with Crippen molar-refractivity contribution in [2.24, 2.45) is 0 Å². The van der Waals surface area contributed by atoms with Crippen LogP contribution < -0.4 is 4.74 Å². The third kappa shape index (κ3) is 6.69. The molecule has 1 saturated heterocycles. The summed E-state index contributed by atoms with van der Waals surface area (Å²) in [6.07, 6.45) is 1.83. The molecule has 0 aliphatic carbocycles. The van der Waals surface area contributed by atoms with Crippen LogP contribution in [-0.2, 0) is 23.6 Å². The van der Waals surface area contributed by atoms with Gasteiger partial charge < -0.3 is 28.6 Å². The van der Waals surface area contributed by atoms with E-state index in [0.29, 0.717) is 18.8 Å². The molecule has 1 atom stereocenters. The zero-order chi connectivity index (χ0) is 23.9. The van der Waals surface area contributed by atoms with Crippen LogP contribution in [0.2, 0.25) is 0 Å². The van der Waals surface area contributed by atoms with E-state index in [-0.39, 0.29) is 19.2 Å². The zero-order valence-electron chi connectivity index (χ0n) is 20.0. The lowest BCUT2D eigenvalue weighted by Crippen LogP contribution is -2.41. The van der Waals surface area contributed by atoms with Crippen LogP contribution in [0.5, 0.6) is 5.75 Å². The van der Waals surface area contributed by atoms with E-state index >= 15 is 0 Å². The summed E-state index contributed by atoms with van der Waals surface area (Å²) < 4.78 is 28.7. The van der Waals surface area contributed by atoms with E-state index in [0.717, 1.165) is 16.6 Å². The SMILES string of the molecule is C=C(COC)/C(=C/C[C@H](OC(C)=O)c1ccc(OCCO)cc1)B1OC(C)(C)C(C)(C)O1. The number of carbonyl (C=O) groups excluding carboxylic acids is 1. The molecule has 1 aromatic carbocycles. The number of esters is 1. The van der Waals surface area contributed by atoms with Crippen LogP contribution in [-0.4, -0.2) is 56.3 Å². The lowest BCUT2D eigenvalue weighted by atomic mass is 9.73. The molecule has 0 amide bonds. The van der Waals surface area contributed by atoms with Crippen LogP contribution in [0.25, 0.3) is 0 Å². The Morgan fingerprint density at radius 1 is 1.19 bits per heavy atom. The van der Waals surface area contributed by atoms with Gasteiger partial charge in [0.15, 0.2) is 0 Å². The van der Waals surface area contributed by atoms with Crippen LogP contribution in [0, 0.1) is 0 Å². The smallest absolute Gasteiger partial charge is 0.491 e. The van der Waals surface area contributed by atoms with Crippen LogP contribution >= 0.6 is 0 Å². The van der Waals surface area contributed by atoms with Crippen molar-refractivity contribution in [3.63, 3.8) is 0 Å². The number of aliphatic hydroxyl groups is 1. The third-order valence-corrected chi connectivity index (χ3v) is 5.71. The number of methoxy groups -OCH3 is 1. The van der Waals surface area contributed by atoms with Gasteiger partial charge in [-0.2, -0.15) is 0 Å². The summed E-state index contributed by atoms with van der Waals surface area (Å²) in [5.41, 5.74) is 1.33. The van der Waals surface area contributed by atoms with Crippen molar-refractivity contribution in [1.29, 1.82) is 0 Å². The molecule has 1 fully saturated rings. The summed E-state index contributed by atoms with van der Waals surface area (Å²) >= 11 is 0. The number of carbonyl (C=O) groups is 1. The Labute approximate surface area is 191 Å². The molecule has 0 aromatic heterocycles. The average Bonchev–Trinajstić information content (AvgIpc) is 2.92. The molecule has 0 radical (unpaired) electrons. The molecule has 0 spiro atoms. The van der Waals surface area contributed by atoms with E-state index in [1.54, 1.807) is 19.2 Å². The lowest BCUT2D eigenvalue weighted by Gasteiger charge is -2.32. The molecule has 1 N–H and O–H groups in total. The summed E-state index contributed by atoms with van der Waals surface area (Å²) in [5.74, 6) is 0.253. The molecule has 0 unspecified atom stereocenters. The van der Waals surface area contributed by atoms with Crippen LogP contribution in [0.4, 0.5) is 0 Å². The van der Waals surface area contributed by atoms with Gasteiger partial charge in [0.05, 0.1) is 24.4 Å². The summed E-state index contributed by atoms with van der Waals surface area (Å²) in [6, 6.07) is 7.24. The fourth-order valence-electron chi connectivity index (χ4n) is 3.26. The Morgan fingerprint density at radius 2 is 1.78 bits per heavy atom. The van der Waals surface area contributed by atoms with E-state index in [2.05, 4.69) is 6.58 Å². The van der Waals surface area contributed by atoms with E-state index in [1.165, 1.54) is 6.92 Å². The highest BCUT2D eigenvalue weighted by molar-refractivity contribution is 6.56. The molecule has 1 aromatic rings. The van der Waals surface area contributed by atoms with Gasteiger partial charge in [-0.1, -0.05) is 24.8 Å². The zero-order valence-corrected chi connectivity index (χ0v) is 20.0. The van der Waals surface area contributed by atoms with Gasteiger partial charge in [0, 0.05) is 20.5 Å². The summed E-state index contributed by atoms with van der Waals surface area (Å²) in [6.45, 7) is 14.0. The highest BCUT2D eigenvalue weighted by Gasteiger charge is 2.52. The molecule has 0 saturated carbocycles. The highest BCUT2D eigenvalue weighted by Crippen LogP contribution is 2.40. The Balaban J connectivity index is 2.28. The van der Waals surface area contributed by atoms with Gasteiger partial charge >= 0.3 is 13.1 Å². The van der Waals surface area contributed by atoms with Gasteiger partial charge in [0.1, 0.15) is 18.5 Å². The molecule has 1 heterocycles. The second-order valence-corrected chi connectivity index (χ2v) is 8.76. The Kier molecular flexibility index (Phi) is 9.10. The summed E-state index contributed by atoms with van der Waals surface area (Å²) in [4.78, 5) is 11.8. The fraction of sp³-hybridized carbons (Fsp3) is 0.542. The number of rotatable bonds is 11. The van der Waals surface area contributed by atoms with Crippen molar-refractivity contribution in [1.82, 2.24) is 0 Å². The molecule has 1 aliphatic heterocycles. The second kappa shape index (κ2) is 11.1. The fourth-order valence-corrected chi connectivity index (χ4v) is 3.26. The van der Waals surface area contributed by atoms with Crippen molar-refractivity contribution in [3.8, 4) is 5.75 Å². The van der Waals surface area contributed by atoms with Crippen molar-refractivity contribution >= 4 is 13.1 Å². The van der Waals surface area contributed by atoms with Gasteiger partial charge in [-0.05, 0) is 56.4 Å². The number of aliphatic hydroxyl groups excluding tert-OH is 1. The first-order chi connectivity index (χ1) is 15.0. The molecule has 176 valence electrons. The lowest BCUT2D eigenvalue weighted by molar-refractivity contribution is -0.146. The van der Waals surface area contributed by atoms with E-state index in [1.807, 2.05) is 45.9 Å². The number of hydrogen-bond donors (Lipinski definition) is 1. The topological polar surface area (TPSA) is 83.5 Å². The maximum Gasteiger partial charge on any atom is 0.494 e. The maximum atomic E-state index is 11.8. The normalized spacial score (nSPS) is 18.3. The van der Waals surface area contributed by atoms with E-state index in [4.69, 9.17) is 28.6 Å². The van der Waals surface area contributed by atoms with Crippen molar-refractivity contribution in [3.05, 3.63) is 53.5 Å². The predicted molar refractivity (Wildman–Crippen MR) is 123 cm³/mol. The first-order valence-electron chi connectivity index (χ1n) is 10.7. The molecule has 7 nitrogen and oxygen atoms in total. The van der Waals surface area contributed by atoms with Crippen molar-refractivity contribution in [2.75, 3.05) is 26.9 Å². The second-order valence-electron chi connectivity index (χ2n) is 8.76. The van der Waals surface area contributed by atoms with Gasteiger partial charge in [-0.3, -0.25) is 4.79 Å². The minimum Gasteiger partial charge on any atom is -0.491 e. The van der Waals surface area contributed by atoms with E-state index < -0.39 is 24.4 Å². The predicted octanol–water partition coefficient (Wildman–Crippen LogP) is 3.81. The quantitative estimate of drug-likeness (QED) is 0.314. The number of ether oxygens (including phenoxy) is 3. The van der Waals surface area contributed by atoms with Gasteiger partial charge in [0.2, 0.25) is 0 Å². The van der Waals surface area contributed by atoms with Crippen molar-refractivity contribution < 1.29 is 33.4 Å². The molecule has 0 bridgehead atoms. The van der Waals surface area contributed by atoms with E-state index in [9.17, 15) is 4.79 Å². The molecule has 2 rings (SSSR count). The van der Waals surface area contributed by atoms with Crippen LogP contribution in [0.15, 0.2) is 48.0 Å². The van der Waals surface area contributed by atoms with Crippen molar-refractivity contribution in [2.45, 2.75) is 58.3 Å². The first kappa shape index (κ1) is 26.1. The van der Waals surface area contributed by atoms with Crippen LogP contribution in [0.3, 0.4) is 0 Å². The Bertz CT molecular complexity index is 798. The van der Waals surface area contributed by atoms with Gasteiger partial charge in [0.25, 0.3) is 0 Å². The molecular formula is C24H35BO7. The van der Waals surface area contributed by atoms with Crippen LogP contribution in [0.1, 0.15) is 52.7 Å². The standard InChI is InChI=1S/C24H35BO7/c1-17(16-28-7)21(25-31-23(3,4)24(5,6)32-25)12-13-22(30-18(2)27)19-8-10-20(11-9-19)29-15-14-26/h8-12,22,26H,1,13-16H2,2-7H3/b21-12-/t22-/m0/s1. The van der Waals surface area contributed by atoms with Gasteiger partial charge in [-0.25, -0.2) is 0 Å². The molecular weight excluding hydrogens is 411 g/mol. The highest BCUT2D eigenvalue weighted by atomic mass is 16.7. The molecule has 1 aliphatic rings. The number of benzene rings is 1. The molecule has 32 heavy (non-hydrogen) atoms. The maximum absolute atomic E-state index is 11.8. The third-order valence-electron chi connectivity index (χ3n) is 5.71. The largest absolute Gasteiger partial charge is 0.494 e.